The standard InChI is InChI=1S/C20H18N2O2/c1-24-18(16-11-6-3-7-12-16)20(23)22-19-17(13-8-14-21-19)15-9-4-2-5-10-15/h2-14,18H,1H3,(H,21,22,23). The van der Waals surface area contributed by atoms with Gasteiger partial charge in [0.05, 0.1) is 0 Å². The lowest BCUT2D eigenvalue weighted by Gasteiger charge is -2.16. The number of amides is 1. The Hall–Kier alpha value is -2.98. The number of pyridine rings is 1. The minimum atomic E-state index is -0.683. The van der Waals surface area contributed by atoms with Crippen molar-refractivity contribution < 1.29 is 9.53 Å². The molecule has 0 aliphatic heterocycles. The molecule has 0 aliphatic carbocycles. The highest BCUT2D eigenvalue weighted by molar-refractivity contribution is 5.97. The van der Waals surface area contributed by atoms with Gasteiger partial charge in [0.25, 0.3) is 5.91 Å². The fraction of sp³-hybridized carbons (Fsp3) is 0.100. The van der Waals surface area contributed by atoms with E-state index in [0.717, 1.165) is 16.7 Å². The van der Waals surface area contributed by atoms with Crippen LogP contribution in [0.4, 0.5) is 5.82 Å². The summed E-state index contributed by atoms with van der Waals surface area (Å²) in [6, 6.07) is 23.0. The molecule has 1 aromatic heterocycles. The second-order valence-corrected chi connectivity index (χ2v) is 5.28. The number of rotatable bonds is 5. The van der Waals surface area contributed by atoms with E-state index in [1.807, 2.05) is 72.8 Å². The SMILES string of the molecule is COC(C(=O)Nc1ncccc1-c1ccccc1)c1ccccc1. The number of benzene rings is 2. The molecular weight excluding hydrogens is 300 g/mol. The summed E-state index contributed by atoms with van der Waals surface area (Å²) in [5, 5.41) is 2.88. The molecule has 3 aromatic rings. The van der Waals surface area contributed by atoms with Gasteiger partial charge in [-0.15, -0.1) is 0 Å². The molecule has 1 heterocycles. The van der Waals surface area contributed by atoms with Crippen LogP contribution in [0.15, 0.2) is 79.0 Å². The Morgan fingerprint density at radius 1 is 0.958 bits per heavy atom. The molecule has 1 amide bonds. The smallest absolute Gasteiger partial charge is 0.259 e. The second kappa shape index (κ2) is 7.53. The summed E-state index contributed by atoms with van der Waals surface area (Å²) in [4.78, 5) is 17.0. The van der Waals surface area contributed by atoms with Crippen molar-refractivity contribution in [3.05, 3.63) is 84.6 Å². The summed E-state index contributed by atoms with van der Waals surface area (Å²) >= 11 is 0. The van der Waals surface area contributed by atoms with Gasteiger partial charge in [0.1, 0.15) is 5.82 Å². The van der Waals surface area contributed by atoms with Crippen LogP contribution in [-0.2, 0) is 9.53 Å². The van der Waals surface area contributed by atoms with Gasteiger partial charge in [-0.2, -0.15) is 0 Å². The minimum absolute atomic E-state index is 0.250. The van der Waals surface area contributed by atoms with Crippen LogP contribution in [0.2, 0.25) is 0 Å². The fourth-order valence-electron chi connectivity index (χ4n) is 2.56. The largest absolute Gasteiger partial charge is 0.367 e. The van der Waals surface area contributed by atoms with Crippen molar-refractivity contribution in [3.63, 3.8) is 0 Å². The number of carbonyl (C=O) groups excluding carboxylic acids is 1. The maximum atomic E-state index is 12.7. The summed E-state index contributed by atoms with van der Waals surface area (Å²) in [7, 11) is 1.52. The van der Waals surface area contributed by atoms with Crippen LogP contribution in [0.1, 0.15) is 11.7 Å². The highest BCUT2D eigenvalue weighted by Gasteiger charge is 2.21. The fourth-order valence-corrected chi connectivity index (χ4v) is 2.56. The van der Waals surface area contributed by atoms with Gasteiger partial charge in [-0.05, 0) is 23.3 Å². The van der Waals surface area contributed by atoms with Crippen molar-refractivity contribution in [2.24, 2.45) is 0 Å². The third kappa shape index (κ3) is 3.50. The summed E-state index contributed by atoms with van der Waals surface area (Å²) in [5.41, 5.74) is 2.67. The van der Waals surface area contributed by atoms with Gasteiger partial charge in [-0.1, -0.05) is 60.7 Å². The van der Waals surface area contributed by atoms with Gasteiger partial charge in [0, 0.05) is 18.9 Å². The van der Waals surface area contributed by atoms with E-state index in [1.54, 1.807) is 6.20 Å². The molecule has 4 nitrogen and oxygen atoms in total. The van der Waals surface area contributed by atoms with E-state index in [4.69, 9.17) is 4.74 Å². The van der Waals surface area contributed by atoms with Crippen LogP contribution >= 0.6 is 0 Å². The van der Waals surface area contributed by atoms with Crippen molar-refractivity contribution in [1.82, 2.24) is 4.98 Å². The van der Waals surface area contributed by atoms with Crippen molar-refractivity contribution in [3.8, 4) is 11.1 Å². The molecule has 0 spiro atoms. The molecule has 1 atom stereocenters. The summed E-state index contributed by atoms with van der Waals surface area (Å²) < 4.78 is 5.38. The Morgan fingerprint density at radius 2 is 1.62 bits per heavy atom. The second-order valence-electron chi connectivity index (χ2n) is 5.28. The number of methoxy groups -OCH3 is 1. The first-order valence-electron chi connectivity index (χ1n) is 7.68. The van der Waals surface area contributed by atoms with Gasteiger partial charge >= 0.3 is 0 Å². The molecule has 1 N–H and O–H groups in total. The van der Waals surface area contributed by atoms with Crippen LogP contribution in [0.25, 0.3) is 11.1 Å². The maximum Gasteiger partial charge on any atom is 0.259 e. The summed E-state index contributed by atoms with van der Waals surface area (Å²) in [5.74, 6) is 0.270. The zero-order valence-electron chi connectivity index (χ0n) is 13.3. The lowest BCUT2D eigenvalue weighted by atomic mass is 10.1. The van der Waals surface area contributed by atoms with Gasteiger partial charge in [0.15, 0.2) is 6.10 Å². The Morgan fingerprint density at radius 3 is 2.29 bits per heavy atom. The zero-order valence-corrected chi connectivity index (χ0v) is 13.3. The average Bonchev–Trinajstić information content (AvgIpc) is 2.64. The number of nitrogens with zero attached hydrogens (tertiary/aromatic N) is 1. The predicted molar refractivity (Wildman–Crippen MR) is 94.5 cm³/mol. The van der Waals surface area contributed by atoms with Crippen LogP contribution in [0.3, 0.4) is 0 Å². The molecule has 0 aliphatic rings. The Bertz CT molecular complexity index is 804. The van der Waals surface area contributed by atoms with Crippen molar-refractivity contribution >= 4 is 11.7 Å². The molecule has 120 valence electrons. The number of nitrogens with one attached hydrogen (secondary N) is 1. The quantitative estimate of drug-likeness (QED) is 0.771. The first-order chi connectivity index (χ1) is 11.8. The average molecular weight is 318 g/mol. The van der Waals surface area contributed by atoms with Crippen LogP contribution < -0.4 is 5.32 Å². The third-order valence-electron chi connectivity index (χ3n) is 3.71. The van der Waals surface area contributed by atoms with Crippen LogP contribution in [-0.4, -0.2) is 18.0 Å². The molecule has 24 heavy (non-hydrogen) atoms. The first-order valence-corrected chi connectivity index (χ1v) is 7.68. The Labute approximate surface area is 141 Å². The molecule has 0 saturated carbocycles. The molecular formula is C20H18N2O2. The van der Waals surface area contributed by atoms with Crippen molar-refractivity contribution in [2.45, 2.75) is 6.10 Å². The number of hydrogen-bond acceptors (Lipinski definition) is 3. The number of hydrogen-bond donors (Lipinski definition) is 1. The Balaban J connectivity index is 1.87. The van der Waals surface area contributed by atoms with Crippen molar-refractivity contribution in [2.75, 3.05) is 12.4 Å². The Kier molecular flexibility index (Phi) is 4.99. The number of carbonyl (C=O) groups is 1. The summed E-state index contributed by atoms with van der Waals surface area (Å²) in [6.07, 6.45) is 0.976. The van der Waals surface area contributed by atoms with Crippen LogP contribution in [0.5, 0.6) is 0 Å². The highest BCUT2D eigenvalue weighted by atomic mass is 16.5. The van der Waals surface area contributed by atoms with E-state index in [9.17, 15) is 4.79 Å². The molecule has 0 radical (unpaired) electrons. The van der Waals surface area contributed by atoms with Crippen molar-refractivity contribution in [1.29, 1.82) is 0 Å². The zero-order chi connectivity index (χ0) is 16.8. The van der Waals surface area contributed by atoms with E-state index in [1.165, 1.54) is 7.11 Å². The molecule has 2 aromatic carbocycles. The van der Waals surface area contributed by atoms with E-state index in [0.29, 0.717) is 5.82 Å². The molecule has 0 fully saturated rings. The predicted octanol–water partition coefficient (Wildman–Crippen LogP) is 4.07. The van der Waals surface area contributed by atoms with Gasteiger partial charge in [-0.3, -0.25) is 4.79 Å². The maximum absolute atomic E-state index is 12.7. The van der Waals surface area contributed by atoms with E-state index >= 15 is 0 Å². The lowest BCUT2D eigenvalue weighted by molar-refractivity contribution is -0.126. The topological polar surface area (TPSA) is 51.2 Å². The summed E-state index contributed by atoms with van der Waals surface area (Å²) in [6.45, 7) is 0. The molecule has 1 unspecified atom stereocenters. The molecule has 4 heteroatoms. The number of anilines is 1. The highest BCUT2D eigenvalue weighted by Crippen LogP contribution is 2.27. The third-order valence-corrected chi connectivity index (χ3v) is 3.71. The lowest BCUT2D eigenvalue weighted by Crippen LogP contribution is -2.23. The van der Waals surface area contributed by atoms with E-state index in [2.05, 4.69) is 10.3 Å². The van der Waals surface area contributed by atoms with Crippen LogP contribution in [0, 0.1) is 0 Å². The van der Waals surface area contributed by atoms with Gasteiger partial charge < -0.3 is 10.1 Å². The molecule has 3 rings (SSSR count). The van der Waals surface area contributed by atoms with E-state index in [-0.39, 0.29) is 5.91 Å². The molecule has 0 saturated heterocycles. The van der Waals surface area contributed by atoms with Gasteiger partial charge in [0.2, 0.25) is 0 Å². The number of aromatic nitrogens is 1. The molecule has 0 bridgehead atoms. The monoisotopic (exact) mass is 318 g/mol. The first kappa shape index (κ1) is 15.9. The minimum Gasteiger partial charge on any atom is -0.367 e. The normalized spacial score (nSPS) is 11.7. The number of ether oxygens (including phenoxy) is 1. The van der Waals surface area contributed by atoms with Gasteiger partial charge in [-0.25, -0.2) is 4.98 Å². The van der Waals surface area contributed by atoms with E-state index < -0.39 is 6.10 Å².